The molecule has 0 aliphatic heterocycles. The van der Waals surface area contributed by atoms with Gasteiger partial charge in [0.1, 0.15) is 0 Å². The van der Waals surface area contributed by atoms with Crippen molar-refractivity contribution in [2.24, 2.45) is 14.1 Å². The van der Waals surface area contributed by atoms with Crippen LogP contribution in [0.3, 0.4) is 0 Å². The number of aliphatic hydroxyl groups excluding tert-OH is 1. The molecule has 0 spiro atoms. The fraction of sp³-hybridized carbons (Fsp3) is 0.667. The van der Waals surface area contributed by atoms with E-state index >= 15 is 0 Å². The van der Waals surface area contributed by atoms with Crippen LogP contribution in [0.2, 0.25) is 0 Å². The van der Waals surface area contributed by atoms with Gasteiger partial charge in [-0.15, -0.1) is 0 Å². The van der Waals surface area contributed by atoms with Gasteiger partial charge in [0.25, 0.3) is 5.56 Å². The molecule has 102 valence electrons. The molecule has 1 rings (SSSR count). The Hall–Kier alpha value is -1.40. The fourth-order valence-electron chi connectivity index (χ4n) is 1.77. The van der Waals surface area contributed by atoms with Crippen LogP contribution in [-0.4, -0.2) is 27.4 Å². The van der Waals surface area contributed by atoms with Gasteiger partial charge in [0.05, 0.1) is 0 Å². The molecular weight excluding hydrogens is 234 g/mol. The maximum Gasteiger partial charge on any atom is 0.330 e. The first-order valence-electron chi connectivity index (χ1n) is 6.15. The number of unbranched alkanes of at least 4 members (excludes halogenated alkanes) is 2. The number of aromatic nitrogens is 2. The molecule has 0 atom stereocenters. The largest absolute Gasteiger partial charge is 0.396 e. The summed E-state index contributed by atoms with van der Waals surface area (Å²) in [5.41, 5.74) is 0.0226. The van der Waals surface area contributed by atoms with Crippen LogP contribution in [0.4, 0.5) is 0 Å². The molecule has 2 N–H and O–H groups in total. The van der Waals surface area contributed by atoms with E-state index in [0.717, 1.165) is 30.4 Å². The monoisotopic (exact) mass is 255 g/mol. The summed E-state index contributed by atoms with van der Waals surface area (Å²) in [4.78, 5) is 23.3. The predicted octanol–water partition coefficient (Wildman–Crippen LogP) is -0.664. The summed E-state index contributed by atoms with van der Waals surface area (Å²) in [6.45, 7) is 1.48. The Labute approximate surface area is 106 Å². The first-order valence-corrected chi connectivity index (χ1v) is 6.15. The zero-order chi connectivity index (χ0) is 13.5. The molecule has 0 radical (unpaired) electrons. The number of nitrogens with one attached hydrogen (secondary N) is 1. The van der Waals surface area contributed by atoms with Gasteiger partial charge < -0.3 is 15.0 Å². The first-order chi connectivity index (χ1) is 8.57. The lowest BCUT2D eigenvalue weighted by Crippen LogP contribution is -2.39. The second-order valence-corrected chi connectivity index (χ2v) is 4.37. The van der Waals surface area contributed by atoms with E-state index in [4.69, 9.17) is 5.11 Å². The minimum absolute atomic E-state index is 0.224. The molecular formula is C12H21N3O3. The number of rotatable bonds is 7. The molecule has 1 heterocycles. The van der Waals surface area contributed by atoms with Crippen LogP contribution in [0.5, 0.6) is 0 Å². The van der Waals surface area contributed by atoms with Crippen molar-refractivity contribution in [3.63, 3.8) is 0 Å². The van der Waals surface area contributed by atoms with Crippen LogP contribution < -0.4 is 16.6 Å². The van der Waals surface area contributed by atoms with Crippen molar-refractivity contribution in [1.29, 1.82) is 0 Å². The maximum atomic E-state index is 11.8. The third kappa shape index (κ3) is 3.82. The summed E-state index contributed by atoms with van der Waals surface area (Å²) in [6, 6.07) is 0. The molecule has 6 nitrogen and oxygen atoms in total. The normalized spacial score (nSPS) is 10.8. The summed E-state index contributed by atoms with van der Waals surface area (Å²) in [7, 11) is 3.11. The quantitative estimate of drug-likeness (QED) is 0.634. The second kappa shape index (κ2) is 7.13. The number of hydrogen-bond donors (Lipinski definition) is 2. The summed E-state index contributed by atoms with van der Waals surface area (Å²) >= 11 is 0. The van der Waals surface area contributed by atoms with Crippen LogP contribution in [0, 0.1) is 0 Å². The van der Waals surface area contributed by atoms with Crippen molar-refractivity contribution in [2.45, 2.75) is 25.8 Å². The molecule has 0 fully saturated rings. The Kier molecular flexibility index (Phi) is 5.80. The zero-order valence-electron chi connectivity index (χ0n) is 11.0. The molecule has 0 saturated carbocycles. The molecule has 0 aliphatic carbocycles. The summed E-state index contributed by atoms with van der Waals surface area (Å²) in [5, 5.41) is 11.8. The van der Waals surface area contributed by atoms with Crippen molar-refractivity contribution < 1.29 is 5.11 Å². The molecule has 0 unspecified atom stereocenters. The fourth-order valence-corrected chi connectivity index (χ4v) is 1.77. The van der Waals surface area contributed by atoms with Crippen molar-refractivity contribution in [3.8, 4) is 0 Å². The Morgan fingerprint density at radius 2 is 1.94 bits per heavy atom. The lowest BCUT2D eigenvalue weighted by atomic mass is 10.2. The molecule has 18 heavy (non-hydrogen) atoms. The number of hydrogen-bond acceptors (Lipinski definition) is 4. The predicted molar refractivity (Wildman–Crippen MR) is 69.6 cm³/mol. The van der Waals surface area contributed by atoms with Gasteiger partial charge in [0.15, 0.2) is 0 Å². The smallest absolute Gasteiger partial charge is 0.330 e. The van der Waals surface area contributed by atoms with Gasteiger partial charge >= 0.3 is 5.69 Å². The molecule has 0 amide bonds. The van der Waals surface area contributed by atoms with E-state index in [1.807, 2.05) is 0 Å². The van der Waals surface area contributed by atoms with Gasteiger partial charge in [0.2, 0.25) is 0 Å². The minimum atomic E-state index is -0.313. The van der Waals surface area contributed by atoms with Gasteiger partial charge in [0, 0.05) is 39.0 Å². The highest BCUT2D eigenvalue weighted by Gasteiger charge is 2.05. The van der Waals surface area contributed by atoms with Crippen molar-refractivity contribution in [3.05, 3.63) is 32.6 Å². The lowest BCUT2D eigenvalue weighted by molar-refractivity contribution is 0.283. The van der Waals surface area contributed by atoms with Gasteiger partial charge in [-0.3, -0.25) is 9.36 Å². The van der Waals surface area contributed by atoms with E-state index in [1.165, 1.54) is 11.6 Å². The molecule has 6 heteroatoms. The van der Waals surface area contributed by atoms with E-state index in [9.17, 15) is 9.59 Å². The van der Waals surface area contributed by atoms with E-state index in [-0.39, 0.29) is 17.9 Å². The van der Waals surface area contributed by atoms with Crippen molar-refractivity contribution in [2.75, 3.05) is 13.2 Å². The molecule has 0 bridgehead atoms. The molecule has 0 aromatic carbocycles. The van der Waals surface area contributed by atoms with Crippen molar-refractivity contribution in [1.82, 2.24) is 14.5 Å². The molecule has 1 aromatic rings. The number of aryl methyl sites for hydroxylation is 1. The average molecular weight is 255 g/mol. The third-order valence-corrected chi connectivity index (χ3v) is 2.84. The topological polar surface area (TPSA) is 76.3 Å². The average Bonchev–Trinajstić information content (AvgIpc) is 2.37. The van der Waals surface area contributed by atoms with Crippen LogP contribution in [-0.2, 0) is 20.6 Å². The Bertz CT molecular complexity index is 490. The summed E-state index contributed by atoms with van der Waals surface area (Å²) in [5.74, 6) is 0. The van der Waals surface area contributed by atoms with Crippen LogP contribution in [0.15, 0.2) is 15.8 Å². The third-order valence-electron chi connectivity index (χ3n) is 2.84. The Balaban J connectivity index is 2.53. The first kappa shape index (κ1) is 14.7. The lowest BCUT2D eigenvalue weighted by Gasteiger charge is -2.07. The van der Waals surface area contributed by atoms with Gasteiger partial charge in [-0.25, -0.2) is 4.79 Å². The maximum absolute atomic E-state index is 11.8. The van der Waals surface area contributed by atoms with Crippen LogP contribution in [0.25, 0.3) is 0 Å². The Morgan fingerprint density at radius 3 is 2.61 bits per heavy atom. The molecule has 0 aliphatic rings. The van der Waals surface area contributed by atoms with Gasteiger partial charge in [-0.2, -0.15) is 0 Å². The van der Waals surface area contributed by atoms with E-state index in [1.54, 1.807) is 13.2 Å². The highest BCUT2D eigenvalue weighted by Crippen LogP contribution is 1.93. The standard InChI is InChI=1S/C12H21N3O3/c1-14-9-10(11(17)15(2)12(14)18)8-13-6-4-3-5-7-16/h9,13,16H,3-8H2,1-2H3. The number of nitrogens with zero attached hydrogens (tertiary/aromatic N) is 2. The molecule has 0 saturated heterocycles. The minimum Gasteiger partial charge on any atom is -0.396 e. The molecule has 1 aromatic heterocycles. The zero-order valence-corrected chi connectivity index (χ0v) is 11.0. The van der Waals surface area contributed by atoms with Crippen molar-refractivity contribution >= 4 is 0 Å². The van der Waals surface area contributed by atoms with E-state index < -0.39 is 0 Å². The number of aliphatic hydroxyl groups is 1. The van der Waals surface area contributed by atoms with Gasteiger partial charge in [-0.05, 0) is 25.8 Å². The van der Waals surface area contributed by atoms with E-state index in [0.29, 0.717) is 12.1 Å². The second-order valence-electron chi connectivity index (χ2n) is 4.37. The SMILES string of the molecule is Cn1cc(CNCCCCCO)c(=O)n(C)c1=O. The van der Waals surface area contributed by atoms with Crippen LogP contribution >= 0.6 is 0 Å². The summed E-state index contributed by atoms with van der Waals surface area (Å²) < 4.78 is 2.52. The van der Waals surface area contributed by atoms with E-state index in [2.05, 4.69) is 5.32 Å². The Morgan fingerprint density at radius 1 is 1.22 bits per heavy atom. The highest BCUT2D eigenvalue weighted by atomic mass is 16.3. The van der Waals surface area contributed by atoms with Gasteiger partial charge in [-0.1, -0.05) is 0 Å². The highest BCUT2D eigenvalue weighted by molar-refractivity contribution is 5.05. The van der Waals surface area contributed by atoms with Crippen LogP contribution in [0.1, 0.15) is 24.8 Å². The summed E-state index contributed by atoms with van der Waals surface area (Å²) in [6.07, 6.45) is 4.32.